The Morgan fingerprint density at radius 3 is 2.79 bits per heavy atom. The van der Waals surface area contributed by atoms with E-state index in [2.05, 4.69) is 17.4 Å². The fraction of sp³-hybridized carbons (Fsp3) is 0.474. The zero-order chi connectivity index (χ0) is 15.8. The average Bonchev–Trinajstić information content (AvgIpc) is 2.99. The molecule has 2 aliphatic rings. The van der Waals surface area contributed by atoms with Gasteiger partial charge in [0.15, 0.2) is 0 Å². The number of carbonyl (C=O) groups is 1. The maximum absolute atomic E-state index is 12.6. The Bertz CT molecular complexity index is 803. The van der Waals surface area contributed by atoms with Crippen molar-refractivity contribution in [1.29, 1.82) is 0 Å². The second-order valence-corrected chi connectivity index (χ2v) is 6.40. The van der Waals surface area contributed by atoms with Gasteiger partial charge in [-0.25, -0.2) is 9.59 Å². The molecular weight excluding hydrogens is 304 g/mol. The summed E-state index contributed by atoms with van der Waals surface area (Å²) in [5, 5.41) is 3.03. The van der Waals surface area contributed by atoms with E-state index < -0.39 is 0 Å². The number of hydrogen-bond donors (Lipinski definition) is 1. The molecule has 0 saturated heterocycles. The van der Waals surface area contributed by atoms with Crippen molar-refractivity contribution in [2.75, 3.05) is 0 Å². The summed E-state index contributed by atoms with van der Waals surface area (Å²) in [6, 6.07) is 7.84. The Hall–Kier alpha value is -2.30. The van der Waals surface area contributed by atoms with Crippen LogP contribution in [0.15, 0.2) is 33.6 Å². The molecule has 0 unspecified atom stereocenters. The summed E-state index contributed by atoms with van der Waals surface area (Å²) in [6.45, 7) is 0. The van der Waals surface area contributed by atoms with E-state index in [-0.39, 0.29) is 25.1 Å². The Kier molecular flexibility index (Phi) is 4.60. The molecule has 0 aliphatic heterocycles. The second kappa shape index (κ2) is 6.67. The Morgan fingerprint density at radius 2 is 1.92 bits per heavy atom. The highest BCUT2D eigenvalue weighted by Crippen LogP contribution is 2.30. The van der Waals surface area contributed by atoms with E-state index in [1.807, 2.05) is 12.1 Å². The number of rotatable bonds is 1. The first-order valence-corrected chi connectivity index (χ1v) is 8.37. The molecule has 5 nitrogen and oxygen atoms in total. The molecule has 5 heteroatoms. The van der Waals surface area contributed by atoms with Gasteiger partial charge in [0.1, 0.15) is 0 Å². The molecule has 0 radical (unpaired) electrons. The van der Waals surface area contributed by atoms with Crippen LogP contribution in [0.2, 0.25) is 0 Å². The molecule has 1 atom stereocenters. The molecule has 128 valence electrons. The molecule has 1 N–H and O–H groups in total. The molecule has 0 spiro atoms. The van der Waals surface area contributed by atoms with Crippen LogP contribution in [-0.2, 0) is 19.3 Å². The van der Waals surface area contributed by atoms with E-state index in [0.717, 1.165) is 44.2 Å². The zero-order valence-corrected chi connectivity index (χ0v) is 13.0. The smallest absolute Gasteiger partial charge is 0.328 e. The molecule has 2 aliphatic carbocycles. The van der Waals surface area contributed by atoms with Crippen LogP contribution >= 0.6 is 0 Å². The third-order valence-corrected chi connectivity index (χ3v) is 4.97. The van der Waals surface area contributed by atoms with Crippen LogP contribution in [0, 0.1) is 0 Å². The number of nitrogens with zero attached hydrogens (tertiary/aromatic N) is 1. The van der Waals surface area contributed by atoms with Crippen molar-refractivity contribution >= 4 is 6.03 Å². The van der Waals surface area contributed by atoms with E-state index in [1.165, 1.54) is 15.9 Å². The topological polar surface area (TPSA) is 64.2 Å². The predicted molar refractivity (Wildman–Crippen MR) is 92.4 cm³/mol. The second-order valence-electron chi connectivity index (χ2n) is 6.40. The molecular formula is C19H24N2O3. The van der Waals surface area contributed by atoms with Crippen molar-refractivity contribution in [3.63, 3.8) is 0 Å². The number of fused-ring (bicyclic) bond motifs is 2. The SMILES string of the molecule is C.O=C(N[C@@H]1CCc2ccccc21)n1oc(=O)c2c1CCCCC2. The summed E-state index contributed by atoms with van der Waals surface area (Å²) in [4.78, 5) is 24.6. The Labute approximate surface area is 141 Å². The largest absolute Gasteiger partial charge is 0.361 e. The minimum Gasteiger partial charge on any atom is -0.328 e. The first-order valence-electron chi connectivity index (χ1n) is 8.37. The lowest BCUT2D eigenvalue weighted by molar-refractivity contribution is 0.200. The maximum atomic E-state index is 12.6. The minimum atomic E-state index is -0.358. The zero-order valence-electron chi connectivity index (χ0n) is 13.0. The van der Waals surface area contributed by atoms with Crippen LogP contribution in [0.5, 0.6) is 0 Å². The van der Waals surface area contributed by atoms with E-state index in [4.69, 9.17) is 4.52 Å². The quantitative estimate of drug-likeness (QED) is 0.814. The van der Waals surface area contributed by atoms with Crippen LogP contribution in [0.25, 0.3) is 0 Å². The van der Waals surface area contributed by atoms with Crippen LogP contribution in [0.4, 0.5) is 4.79 Å². The van der Waals surface area contributed by atoms with Crippen LogP contribution in [-0.4, -0.2) is 10.8 Å². The van der Waals surface area contributed by atoms with E-state index in [1.54, 1.807) is 0 Å². The number of hydrogen-bond acceptors (Lipinski definition) is 3. The molecule has 24 heavy (non-hydrogen) atoms. The number of carbonyl (C=O) groups excluding carboxylic acids is 1. The average molecular weight is 328 g/mol. The van der Waals surface area contributed by atoms with Crippen molar-refractivity contribution in [1.82, 2.24) is 10.1 Å². The molecule has 0 saturated carbocycles. The highest BCUT2D eigenvalue weighted by atomic mass is 16.5. The van der Waals surface area contributed by atoms with Gasteiger partial charge in [0.05, 0.1) is 17.3 Å². The lowest BCUT2D eigenvalue weighted by Crippen LogP contribution is -2.32. The van der Waals surface area contributed by atoms with Gasteiger partial charge in [-0.15, -0.1) is 4.74 Å². The van der Waals surface area contributed by atoms with Gasteiger partial charge >= 0.3 is 11.7 Å². The molecule has 1 heterocycles. The number of nitrogens with one attached hydrogen (secondary N) is 1. The van der Waals surface area contributed by atoms with Crippen molar-refractivity contribution in [3.05, 3.63) is 57.1 Å². The van der Waals surface area contributed by atoms with Gasteiger partial charge in [-0.2, -0.15) is 0 Å². The fourth-order valence-electron chi connectivity index (χ4n) is 3.78. The van der Waals surface area contributed by atoms with Crippen molar-refractivity contribution < 1.29 is 9.32 Å². The van der Waals surface area contributed by atoms with E-state index >= 15 is 0 Å². The van der Waals surface area contributed by atoms with Crippen LogP contribution < -0.4 is 10.9 Å². The summed E-state index contributed by atoms with van der Waals surface area (Å²) in [6.07, 6.45) is 6.37. The maximum Gasteiger partial charge on any atom is 0.361 e. The number of aromatic nitrogens is 1. The molecule has 1 aromatic carbocycles. The van der Waals surface area contributed by atoms with Gasteiger partial charge in [-0.1, -0.05) is 38.1 Å². The molecule has 2 aromatic rings. The van der Waals surface area contributed by atoms with Crippen molar-refractivity contribution in [2.45, 2.75) is 58.4 Å². The van der Waals surface area contributed by atoms with E-state index in [9.17, 15) is 9.59 Å². The predicted octanol–water partition coefficient (Wildman–Crippen LogP) is 3.59. The number of amides is 1. The van der Waals surface area contributed by atoms with Crippen molar-refractivity contribution in [3.8, 4) is 0 Å². The summed E-state index contributed by atoms with van der Waals surface area (Å²) < 4.78 is 6.43. The fourth-order valence-corrected chi connectivity index (χ4v) is 3.78. The van der Waals surface area contributed by atoms with Crippen LogP contribution in [0.1, 0.15) is 61.5 Å². The van der Waals surface area contributed by atoms with Gasteiger partial charge in [0.25, 0.3) is 0 Å². The summed E-state index contributed by atoms with van der Waals surface area (Å²) in [5.41, 5.74) is 3.54. The van der Waals surface area contributed by atoms with Crippen LogP contribution in [0.3, 0.4) is 0 Å². The summed E-state index contributed by atoms with van der Waals surface area (Å²) in [7, 11) is 0. The molecule has 1 amide bonds. The van der Waals surface area contributed by atoms with Gasteiger partial charge in [-0.3, -0.25) is 0 Å². The van der Waals surface area contributed by atoms with Gasteiger partial charge in [-0.05, 0) is 49.7 Å². The molecule has 1 aromatic heterocycles. The standard InChI is InChI=1S/C18H20N2O3.CH4/c21-17-14-8-2-1-3-9-16(14)20(23-17)18(22)19-15-11-10-12-6-4-5-7-13(12)15;/h4-7,15H,1-3,8-11H2,(H,19,22);1H4/t15-;/m1./s1. The molecule has 0 bridgehead atoms. The molecule has 4 rings (SSSR count). The Morgan fingerprint density at radius 1 is 1.12 bits per heavy atom. The lowest BCUT2D eigenvalue weighted by Gasteiger charge is -2.14. The highest BCUT2D eigenvalue weighted by molar-refractivity contribution is 5.77. The first kappa shape index (κ1) is 16.6. The third kappa shape index (κ3) is 2.79. The lowest BCUT2D eigenvalue weighted by atomic mass is 10.1. The van der Waals surface area contributed by atoms with E-state index in [0.29, 0.717) is 12.0 Å². The van der Waals surface area contributed by atoms with Gasteiger partial charge in [0, 0.05) is 0 Å². The van der Waals surface area contributed by atoms with Gasteiger partial charge < -0.3 is 9.84 Å². The number of aryl methyl sites for hydroxylation is 1. The number of benzene rings is 1. The monoisotopic (exact) mass is 328 g/mol. The first-order chi connectivity index (χ1) is 11.2. The van der Waals surface area contributed by atoms with Gasteiger partial charge in [0.2, 0.25) is 0 Å². The Balaban J connectivity index is 0.00000169. The minimum absolute atomic E-state index is 0. The van der Waals surface area contributed by atoms with Crippen molar-refractivity contribution in [2.24, 2.45) is 0 Å². The summed E-state index contributed by atoms with van der Waals surface area (Å²) >= 11 is 0. The molecule has 0 fully saturated rings. The third-order valence-electron chi connectivity index (χ3n) is 4.97. The summed E-state index contributed by atoms with van der Waals surface area (Å²) in [5.74, 6) is 0. The normalized spacial score (nSPS) is 18.9. The highest BCUT2D eigenvalue weighted by Gasteiger charge is 2.27.